The molecular weight excluding hydrogens is 263 g/mol. The Morgan fingerprint density at radius 3 is 2.53 bits per heavy atom. The van der Waals surface area contributed by atoms with Crippen LogP contribution >= 0.6 is 23.2 Å². The smallest absolute Gasteiger partial charge is 0.257 e. The number of aryl methyl sites for hydroxylation is 1. The summed E-state index contributed by atoms with van der Waals surface area (Å²) in [5.74, 6) is 0.263. The number of nitrogens with zero attached hydrogens (tertiary/aromatic N) is 3. The molecule has 0 aliphatic rings. The number of aromatic nitrogens is 3. The predicted octanol–water partition coefficient (Wildman–Crippen LogP) is 2.37. The van der Waals surface area contributed by atoms with Crippen LogP contribution in [-0.4, -0.2) is 20.7 Å². The van der Waals surface area contributed by atoms with Crippen LogP contribution in [0.1, 0.15) is 10.4 Å². The second-order valence-corrected chi connectivity index (χ2v) is 4.07. The van der Waals surface area contributed by atoms with Crippen molar-refractivity contribution in [3.05, 3.63) is 40.3 Å². The van der Waals surface area contributed by atoms with Crippen molar-refractivity contribution in [2.24, 2.45) is 7.05 Å². The summed E-state index contributed by atoms with van der Waals surface area (Å²) in [5, 5.41) is 6.96. The van der Waals surface area contributed by atoms with Crippen molar-refractivity contribution >= 4 is 34.9 Å². The Labute approximate surface area is 107 Å². The van der Waals surface area contributed by atoms with Gasteiger partial charge in [-0.2, -0.15) is 5.10 Å². The summed E-state index contributed by atoms with van der Waals surface area (Å²) < 4.78 is 1.54. The van der Waals surface area contributed by atoms with Gasteiger partial charge in [-0.3, -0.25) is 9.48 Å². The molecule has 0 spiro atoms. The molecule has 0 saturated heterocycles. The maximum absolute atomic E-state index is 11.9. The Morgan fingerprint density at radius 1 is 1.35 bits per heavy atom. The summed E-state index contributed by atoms with van der Waals surface area (Å²) in [6.07, 6.45) is 1.59. The molecule has 0 aliphatic heterocycles. The molecule has 0 aliphatic carbocycles. The summed E-state index contributed by atoms with van der Waals surface area (Å²) in [4.78, 5) is 15.6. The van der Waals surface area contributed by atoms with E-state index in [9.17, 15) is 4.79 Å². The summed E-state index contributed by atoms with van der Waals surface area (Å²) in [6, 6.07) is 4.57. The molecule has 1 amide bonds. The van der Waals surface area contributed by atoms with E-state index in [0.29, 0.717) is 11.4 Å². The highest BCUT2D eigenvalue weighted by Crippen LogP contribution is 2.16. The number of rotatable bonds is 2. The fraction of sp³-hybridized carbons (Fsp3) is 0.100. The molecule has 7 heteroatoms. The van der Waals surface area contributed by atoms with E-state index in [1.165, 1.54) is 12.1 Å². The highest BCUT2D eigenvalue weighted by Gasteiger charge is 2.10. The van der Waals surface area contributed by atoms with E-state index in [1.807, 2.05) is 0 Å². The van der Waals surface area contributed by atoms with E-state index in [1.54, 1.807) is 24.0 Å². The Bertz CT molecular complexity index is 547. The molecule has 0 atom stereocenters. The molecule has 17 heavy (non-hydrogen) atoms. The van der Waals surface area contributed by atoms with Crippen LogP contribution in [0.25, 0.3) is 0 Å². The lowest BCUT2D eigenvalue weighted by atomic mass is 10.2. The van der Waals surface area contributed by atoms with Crippen molar-refractivity contribution in [2.45, 2.75) is 0 Å². The number of halogens is 2. The normalized spacial score (nSPS) is 10.3. The number of amides is 1. The van der Waals surface area contributed by atoms with Gasteiger partial charge in [0, 0.05) is 18.7 Å². The fourth-order valence-corrected chi connectivity index (χ4v) is 1.74. The first kappa shape index (κ1) is 11.9. The number of carbonyl (C=O) groups is 1. The molecule has 0 radical (unpaired) electrons. The van der Waals surface area contributed by atoms with Gasteiger partial charge >= 0.3 is 0 Å². The molecule has 0 aromatic carbocycles. The molecule has 2 heterocycles. The fourth-order valence-electron chi connectivity index (χ4n) is 1.28. The molecule has 0 bridgehead atoms. The van der Waals surface area contributed by atoms with Crippen LogP contribution in [-0.2, 0) is 7.05 Å². The lowest BCUT2D eigenvalue weighted by molar-refractivity contribution is 0.102. The molecule has 0 fully saturated rings. The SMILES string of the molecule is Cn1nccc1NC(=O)c1cc(Cl)nc(Cl)c1. The quantitative estimate of drug-likeness (QED) is 0.853. The van der Waals surface area contributed by atoms with Crippen molar-refractivity contribution in [3.8, 4) is 0 Å². The van der Waals surface area contributed by atoms with Gasteiger partial charge in [-0.05, 0) is 12.1 Å². The highest BCUT2D eigenvalue weighted by atomic mass is 35.5. The van der Waals surface area contributed by atoms with Crippen molar-refractivity contribution in [1.29, 1.82) is 0 Å². The number of anilines is 1. The van der Waals surface area contributed by atoms with Crippen molar-refractivity contribution in [2.75, 3.05) is 5.32 Å². The zero-order valence-electron chi connectivity index (χ0n) is 8.82. The van der Waals surface area contributed by atoms with Crippen LogP contribution in [0.3, 0.4) is 0 Å². The third-order valence-corrected chi connectivity index (χ3v) is 2.47. The van der Waals surface area contributed by atoms with Gasteiger partial charge in [0.05, 0.1) is 6.20 Å². The Morgan fingerprint density at radius 2 is 2.00 bits per heavy atom. The van der Waals surface area contributed by atoms with Gasteiger partial charge in [-0.15, -0.1) is 0 Å². The van der Waals surface area contributed by atoms with E-state index < -0.39 is 0 Å². The highest BCUT2D eigenvalue weighted by molar-refractivity contribution is 6.33. The summed E-state index contributed by atoms with van der Waals surface area (Å²) in [5.41, 5.74) is 0.344. The molecular formula is C10H8Cl2N4O. The Hall–Kier alpha value is -1.59. The lowest BCUT2D eigenvalue weighted by Crippen LogP contribution is -2.14. The number of pyridine rings is 1. The zero-order chi connectivity index (χ0) is 12.4. The minimum Gasteiger partial charge on any atom is -0.307 e. The molecule has 0 saturated carbocycles. The van der Waals surface area contributed by atoms with Crippen LogP contribution < -0.4 is 5.32 Å². The van der Waals surface area contributed by atoms with Crippen LogP contribution in [0.5, 0.6) is 0 Å². The predicted molar refractivity (Wildman–Crippen MR) is 65.4 cm³/mol. The first-order valence-electron chi connectivity index (χ1n) is 4.69. The van der Waals surface area contributed by atoms with E-state index >= 15 is 0 Å². The number of hydrogen-bond donors (Lipinski definition) is 1. The Balaban J connectivity index is 2.23. The number of hydrogen-bond acceptors (Lipinski definition) is 3. The summed E-state index contributed by atoms with van der Waals surface area (Å²) in [7, 11) is 1.72. The van der Waals surface area contributed by atoms with E-state index in [0.717, 1.165) is 0 Å². The maximum Gasteiger partial charge on any atom is 0.257 e. The number of carbonyl (C=O) groups excluding carboxylic acids is 1. The van der Waals surface area contributed by atoms with Crippen LogP contribution in [0, 0.1) is 0 Å². The van der Waals surface area contributed by atoms with Gasteiger partial charge in [-0.25, -0.2) is 4.98 Å². The largest absolute Gasteiger partial charge is 0.307 e. The first-order valence-corrected chi connectivity index (χ1v) is 5.44. The molecule has 2 aromatic rings. The minimum atomic E-state index is -0.320. The van der Waals surface area contributed by atoms with Gasteiger partial charge in [0.2, 0.25) is 0 Å². The van der Waals surface area contributed by atoms with Gasteiger partial charge in [-0.1, -0.05) is 23.2 Å². The third-order valence-electron chi connectivity index (χ3n) is 2.09. The van der Waals surface area contributed by atoms with E-state index in [-0.39, 0.29) is 16.2 Å². The van der Waals surface area contributed by atoms with Gasteiger partial charge in [0.15, 0.2) is 0 Å². The molecule has 5 nitrogen and oxygen atoms in total. The van der Waals surface area contributed by atoms with Crippen molar-refractivity contribution in [1.82, 2.24) is 14.8 Å². The average molecular weight is 271 g/mol. The minimum absolute atomic E-state index is 0.174. The van der Waals surface area contributed by atoms with Gasteiger partial charge in [0.25, 0.3) is 5.91 Å². The van der Waals surface area contributed by atoms with E-state index in [2.05, 4.69) is 15.4 Å². The van der Waals surface area contributed by atoms with Crippen molar-refractivity contribution < 1.29 is 4.79 Å². The zero-order valence-corrected chi connectivity index (χ0v) is 10.3. The Kier molecular flexibility index (Phi) is 3.31. The summed E-state index contributed by atoms with van der Waals surface area (Å²) >= 11 is 11.4. The van der Waals surface area contributed by atoms with Gasteiger partial charge in [0.1, 0.15) is 16.1 Å². The number of nitrogens with one attached hydrogen (secondary N) is 1. The third kappa shape index (κ3) is 2.75. The summed E-state index contributed by atoms with van der Waals surface area (Å²) in [6.45, 7) is 0. The molecule has 2 aromatic heterocycles. The topological polar surface area (TPSA) is 59.8 Å². The molecule has 2 rings (SSSR count). The molecule has 1 N–H and O–H groups in total. The maximum atomic E-state index is 11.9. The van der Waals surface area contributed by atoms with E-state index in [4.69, 9.17) is 23.2 Å². The standard InChI is InChI=1S/C10H8Cl2N4O/c1-16-9(2-3-13-16)15-10(17)6-4-7(11)14-8(12)5-6/h2-5H,1H3,(H,15,17). The average Bonchev–Trinajstić information content (AvgIpc) is 2.63. The van der Waals surface area contributed by atoms with Crippen molar-refractivity contribution in [3.63, 3.8) is 0 Å². The van der Waals surface area contributed by atoms with Gasteiger partial charge < -0.3 is 5.32 Å². The monoisotopic (exact) mass is 270 g/mol. The second-order valence-electron chi connectivity index (χ2n) is 3.30. The first-order chi connectivity index (χ1) is 8.06. The van der Waals surface area contributed by atoms with Crippen LogP contribution in [0.4, 0.5) is 5.82 Å². The second kappa shape index (κ2) is 4.73. The molecule has 0 unspecified atom stereocenters. The molecule has 88 valence electrons. The lowest BCUT2D eigenvalue weighted by Gasteiger charge is -2.05. The van der Waals surface area contributed by atoms with Crippen LogP contribution in [0.2, 0.25) is 10.3 Å². The van der Waals surface area contributed by atoms with Crippen LogP contribution in [0.15, 0.2) is 24.4 Å².